The average Bonchev–Trinajstić information content (AvgIpc) is 3.60. The molecule has 9 heteroatoms. The minimum Gasteiger partial charge on any atom is -0.507 e. The van der Waals surface area contributed by atoms with E-state index in [1.165, 1.54) is 16.2 Å². The fraction of sp³-hybridized carbons (Fsp3) is 0.233. The second-order valence-electron chi connectivity index (χ2n) is 9.46. The molecule has 0 bridgehead atoms. The van der Waals surface area contributed by atoms with Crippen LogP contribution in [0.5, 0.6) is 17.2 Å². The van der Waals surface area contributed by atoms with E-state index < -0.39 is 17.7 Å². The van der Waals surface area contributed by atoms with Crippen LogP contribution < -0.4 is 19.1 Å². The van der Waals surface area contributed by atoms with Crippen LogP contribution in [0.25, 0.3) is 16.0 Å². The Morgan fingerprint density at radius 2 is 1.87 bits per heavy atom. The lowest BCUT2D eigenvalue weighted by Crippen LogP contribution is -2.29. The summed E-state index contributed by atoms with van der Waals surface area (Å²) in [6.07, 6.45) is 0.729. The SMILES string of the molecule is CCOc1ccc([C@@H]2C(=C(O)c3ccc4c(c3)C[C@H](C)O4)C(=O)C(=O)N2c2nc3ccc(OC)cc3s2)cc1. The largest absolute Gasteiger partial charge is 0.507 e. The van der Waals surface area contributed by atoms with Gasteiger partial charge in [-0.3, -0.25) is 14.5 Å². The minimum absolute atomic E-state index is 0.00732. The highest BCUT2D eigenvalue weighted by atomic mass is 32.1. The Morgan fingerprint density at radius 3 is 2.62 bits per heavy atom. The molecule has 1 N–H and O–H groups in total. The van der Waals surface area contributed by atoms with Gasteiger partial charge in [0.15, 0.2) is 5.13 Å². The number of fused-ring (bicyclic) bond motifs is 2. The van der Waals surface area contributed by atoms with Crippen LogP contribution in [0, 0.1) is 0 Å². The number of hydrogen-bond acceptors (Lipinski definition) is 8. The number of nitrogens with zero attached hydrogens (tertiary/aromatic N) is 2. The fourth-order valence-electron chi connectivity index (χ4n) is 5.11. The van der Waals surface area contributed by atoms with Gasteiger partial charge in [0.2, 0.25) is 0 Å². The Labute approximate surface area is 229 Å². The monoisotopic (exact) mass is 542 g/mol. The first kappa shape index (κ1) is 24.9. The Kier molecular flexibility index (Phi) is 6.23. The summed E-state index contributed by atoms with van der Waals surface area (Å²) in [6, 6.07) is 17.1. The number of methoxy groups -OCH3 is 1. The lowest BCUT2D eigenvalue weighted by atomic mass is 9.94. The van der Waals surface area contributed by atoms with E-state index in [1.807, 2.05) is 32.0 Å². The molecular formula is C30H26N2O6S. The summed E-state index contributed by atoms with van der Waals surface area (Å²) >= 11 is 1.28. The zero-order valence-corrected chi connectivity index (χ0v) is 22.5. The Balaban J connectivity index is 1.51. The molecular weight excluding hydrogens is 516 g/mol. The number of ether oxygens (including phenoxy) is 3. The quantitative estimate of drug-likeness (QED) is 0.191. The third-order valence-electron chi connectivity index (χ3n) is 6.91. The third kappa shape index (κ3) is 4.28. The molecule has 4 aromatic rings. The molecule has 1 fully saturated rings. The fourth-order valence-corrected chi connectivity index (χ4v) is 6.13. The molecule has 0 saturated carbocycles. The molecule has 0 spiro atoms. The molecule has 3 aromatic carbocycles. The van der Waals surface area contributed by atoms with Gasteiger partial charge in [-0.25, -0.2) is 4.98 Å². The van der Waals surface area contributed by atoms with Crippen molar-refractivity contribution >= 4 is 44.1 Å². The lowest BCUT2D eigenvalue weighted by Gasteiger charge is -2.23. The zero-order valence-electron chi connectivity index (χ0n) is 21.6. The number of aliphatic hydroxyl groups excluding tert-OH is 1. The molecule has 39 heavy (non-hydrogen) atoms. The maximum Gasteiger partial charge on any atom is 0.301 e. The molecule has 3 heterocycles. The van der Waals surface area contributed by atoms with Crippen LogP contribution in [-0.2, 0) is 16.0 Å². The van der Waals surface area contributed by atoms with Crippen LogP contribution in [0.4, 0.5) is 5.13 Å². The Bertz CT molecular complexity index is 1640. The van der Waals surface area contributed by atoms with Crippen molar-refractivity contribution in [1.82, 2.24) is 4.98 Å². The van der Waals surface area contributed by atoms with E-state index in [1.54, 1.807) is 49.6 Å². The molecule has 2 aliphatic rings. The topological polar surface area (TPSA) is 98.2 Å². The normalized spacial score (nSPS) is 19.8. The van der Waals surface area contributed by atoms with Gasteiger partial charge in [0.05, 0.1) is 35.5 Å². The van der Waals surface area contributed by atoms with Gasteiger partial charge in [-0.2, -0.15) is 0 Å². The standard InChI is InChI=1S/C30H26N2O6S/c1-4-37-20-8-5-17(6-9-20)26-25(27(33)18-7-12-23-19(14-18)13-16(2)38-23)28(34)29(35)32(26)30-31-22-11-10-21(36-3)15-24(22)39-30/h5-12,14-16,26,33H,4,13H2,1-3H3/t16-,26+/m0/s1. The lowest BCUT2D eigenvalue weighted by molar-refractivity contribution is -0.132. The van der Waals surface area contributed by atoms with E-state index in [0.29, 0.717) is 46.3 Å². The predicted octanol–water partition coefficient (Wildman–Crippen LogP) is 5.65. The molecule has 0 radical (unpaired) electrons. The van der Waals surface area contributed by atoms with Crippen molar-refractivity contribution < 1.29 is 28.9 Å². The summed E-state index contributed by atoms with van der Waals surface area (Å²) in [5.74, 6) is 0.330. The minimum atomic E-state index is -0.883. The highest BCUT2D eigenvalue weighted by molar-refractivity contribution is 7.22. The number of amides is 1. The van der Waals surface area contributed by atoms with Gasteiger partial charge in [-0.15, -0.1) is 0 Å². The number of thiazole rings is 1. The number of anilines is 1. The number of benzene rings is 3. The number of aromatic nitrogens is 1. The van der Waals surface area contributed by atoms with Crippen molar-refractivity contribution in [2.75, 3.05) is 18.6 Å². The van der Waals surface area contributed by atoms with Crippen LogP contribution in [0.3, 0.4) is 0 Å². The molecule has 198 valence electrons. The second-order valence-corrected chi connectivity index (χ2v) is 10.5. The van der Waals surface area contributed by atoms with Gasteiger partial charge < -0.3 is 19.3 Å². The van der Waals surface area contributed by atoms with Crippen molar-refractivity contribution in [2.24, 2.45) is 0 Å². The van der Waals surface area contributed by atoms with Crippen molar-refractivity contribution in [3.63, 3.8) is 0 Å². The van der Waals surface area contributed by atoms with E-state index >= 15 is 0 Å². The first-order valence-corrected chi connectivity index (χ1v) is 13.5. The number of hydrogen-bond donors (Lipinski definition) is 1. The number of ketones is 1. The third-order valence-corrected chi connectivity index (χ3v) is 7.93. The van der Waals surface area contributed by atoms with E-state index in [9.17, 15) is 14.7 Å². The molecule has 0 aliphatic carbocycles. The van der Waals surface area contributed by atoms with Gasteiger partial charge in [-0.1, -0.05) is 23.5 Å². The first-order chi connectivity index (χ1) is 18.9. The van der Waals surface area contributed by atoms with Crippen molar-refractivity contribution in [1.29, 1.82) is 0 Å². The highest BCUT2D eigenvalue weighted by Crippen LogP contribution is 2.45. The molecule has 1 saturated heterocycles. The summed E-state index contributed by atoms with van der Waals surface area (Å²) in [5.41, 5.74) is 2.73. The maximum absolute atomic E-state index is 13.6. The number of Topliss-reactive ketones (excluding diaryl/α,β-unsaturated/α-hetero) is 1. The van der Waals surface area contributed by atoms with Gasteiger partial charge in [0.1, 0.15) is 29.1 Å². The number of carbonyl (C=O) groups excluding carboxylic acids is 2. The van der Waals surface area contributed by atoms with Gasteiger partial charge >= 0.3 is 5.91 Å². The summed E-state index contributed by atoms with van der Waals surface area (Å²) in [7, 11) is 1.58. The predicted molar refractivity (Wildman–Crippen MR) is 149 cm³/mol. The number of rotatable bonds is 6. The van der Waals surface area contributed by atoms with Crippen LogP contribution in [0.2, 0.25) is 0 Å². The van der Waals surface area contributed by atoms with Crippen LogP contribution in [-0.4, -0.2) is 41.6 Å². The number of aliphatic hydroxyl groups is 1. The molecule has 2 atom stereocenters. The average molecular weight is 543 g/mol. The van der Waals surface area contributed by atoms with Crippen molar-refractivity contribution in [2.45, 2.75) is 32.4 Å². The number of carbonyl (C=O) groups is 2. The van der Waals surface area contributed by atoms with Crippen LogP contribution in [0.15, 0.2) is 66.2 Å². The summed E-state index contributed by atoms with van der Waals surface area (Å²) < 4.78 is 17.5. The molecule has 0 unspecified atom stereocenters. The van der Waals surface area contributed by atoms with Crippen LogP contribution in [0.1, 0.15) is 36.6 Å². The highest BCUT2D eigenvalue weighted by Gasteiger charge is 2.48. The molecule has 8 nitrogen and oxygen atoms in total. The van der Waals surface area contributed by atoms with E-state index in [4.69, 9.17) is 14.2 Å². The van der Waals surface area contributed by atoms with Crippen molar-refractivity contribution in [3.05, 3.63) is 82.9 Å². The first-order valence-electron chi connectivity index (χ1n) is 12.7. The van der Waals surface area contributed by atoms with E-state index in [0.717, 1.165) is 16.0 Å². The summed E-state index contributed by atoms with van der Waals surface area (Å²) in [5, 5.41) is 11.9. The molecule has 1 aromatic heterocycles. The molecule has 6 rings (SSSR count). The van der Waals surface area contributed by atoms with E-state index in [-0.39, 0.29) is 17.4 Å². The summed E-state index contributed by atoms with van der Waals surface area (Å²) in [4.78, 5) is 33.2. The summed E-state index contributed by atoms with van der Waals surface area (Å²) in [6.45, 7) is 4.38. The zero-order chi connectivity index (χ0) is 27.3. The van der Waals surface area contributed by atoms with Gasteiger partial charge in [0, 0.05) is 12.0 Å². The Hall–Kier alpha value is -4.37. The maximum atomic E-state index is 13.6. The molecule has 2 aliphatic heterocycles. The van der Waals surface area contributed by atoms with Gasteiger partial charge in [0.25, 0.3) is 5.78 Å². The molecule has 1 amide bonds. The van der Waals surface area contributed by atoms with Crippen LogP contribution >= 0.6 is 11.3 Å². The smallest absolute Gasteiger partial charge is 0.301 e. The van der Waals surface area contributed by atoms with Crippen molar-refractivity contribution in [3.8, 4) is 17.2 Å². The van der Waals surface area contributed by atoms with Gasteiger partial charge in [-0.05, 0) is 73.5 Å². The second kappa shape index (κ2) is 9.74. The van der Waals surface area contributed by atoms with E-state index in [2.05, 4.69) is 4.98 Å². The Morgan fingerprint density at radius 1 is 1.10 bits per heavy atom.